The van der Waals surface area contributed by atoms with E-state index in [0.717, 1.165) is 0 Å². The predicted octanol–water partition coefficient (Wildman–Crippen LogP) is 5.55. The Morgan fingerprint density at radius 2 is 1.67 bits per heavy atom. The summed E-state index contributed by atoms with van der Waals surface area (Å²) < 4.78 is 1.22. The zero-order valence-electron chi connectivity index (χ0n) is 10.1. The van der Waals surface area contributed by atoms with Crippen molar-refractivity contribution in [3.8, 4) is 0 Å². The van der Waals surface area contributed by atoms with Gasteiger partial charge in [-0.1, -0.05) is 46.0 Å². The van der Waals surface area contributed by atoms with Crippen LogP contribution >= 0.6 is 27.1 Å². The number of hydrogen-bond donors (Lipinski definition) is 0. The van der Waals surface area contributed by atoms with Crippen LogP contribution in [0.4, 0.5) is 0 Å². The van der Waals surface area contributed by atoms with Gasteiger partial charge in [-0.3, -0.25) is 0 Å². The van der Waals surface area contributed by atoms with E-state index in [4.69, 9.17) is 0 Å². The summed E-state index contributed by atoms with van der Waals surface area (Å²) in [6.07, 6.45) is 0. The molecule has 0 saturated carbocycles. The second kappa shape index (κ2) is 4.64. The van der Waals surface area contributed by atoms with Crippen LogP contribution in [0.2, 0.25) is 18.1 Å². The summed E-state index contributed by atoms with van der Waals surface area (Å²) in [5.74, 6) is 0. The molecular weight excluding hydrogens is 284 g/mol. The van der Waals surface area contributed by atoms with Crippen LogP contribution < -0.4 is 0 Å². The Balaban J connectivity index is 2.92. The molecule has 0 bridgehead atoms. The average molecular weight is 303 g/mol. The summed E-state index contributed by atoms with van der Waals surface area (Å²) in [6, 6.07) is 8.50. The number of hydrogen-bond acceptors (Lipinski definition) is 1. The third kappa shape index (κ3) is 3.36. The molecule has 0 aliphatic heterocycles. The van der Waals surface area contributed by atoms with E-state index in [1.54, 1.807) is 0 Å². The van der Waals surface area contributed by atoms with E-state index in [9.17, 15) is 0 Å². The van der Waals surface area contributed by atoms with Gasteiger partial charge in [0.1, 0.15) is 7.22 Å². The van der Waals surface area contributed by atoms with Crippen molar-refractivity contribution in [2.45, 2.75) is 43.8 Å². The first-order valence-corrected chi connectivity index (χ1v) is 10.5. The smallest absolute Gasteiger partial charge is 0.122 e. The van der Waals surface area contributed by atoms with E-state index >= 15 is 0 Å². The normalized spacial score (nSPS) is 12.9. The van der Waals surface area contributed by atoms with Gasteiger partial charge in [-0.2, -0.15) is 0 Å². The first-order valence-electron chi connectivity index (χ1n) is 5.17. The quantitative estimate of drug-likeness (QED) is 0.646. The van der Waals surface area contributed by atoms with E-state index in [1.165, 1.54) is 9.37 Å². The number of benzene rings is 1. The third-order valence-corrected chi connectivity index (χ3v) is 12.7. The highest BCUT2D eigenvalue weighted by Gasteiger charge is 2.36. The fourth-order valence-electron chi connectivity index (χ4n) is 0.955. The van der Waals surface area contributed by atoms with E-state index in [0.29, 0.717) is 5.04 Å². The Hall–Kier alpha value is 0.267. The first kappa shape index (κ1) is 13.3. The van der Waals surface area contributed by atoms with Crippen molar-refractivity contribution in [2.75, 3.05) is 0 Å². The van der Waals surface area contributed by atoms with Gasteiger partial charge in [0.05, 0.1) is 0 Å². The van der Waals surface area contributed by atoms with E-state index < -0.39 is 7.22 Å². The summed E-state index contributed by atoms with van der Waals surface area (Å²) in [6.45, 7) is 11.9. The molecule has 0 fully saturated rings. The molecule has 0 radical (unpaired) electrons. The highest BCUT2D eigenvalue weighted by atomic mass is 79.9. The van der Waals surface area contributed by atoms with Crippen molar-refractivity contribution in [1.29, 1.82) is 0 Å². The van der Waals surface area contributed by atoms with Crippen LogP contribution in [0.5, 0.6) is 0 Å². The molecule has 15 heavy (non-hydrogen) atoms. The van der Waals surface area contributed by atoms with Crippen LogP contribution in [0.3, 0.4) is 0 Å². The molecule has 0 saturated heterocycles. The Morgan fingerprint density at radius 3 is 2.13 bits per heavy atom. The number of halogens is 1. The van der Waals surface area contributed by atoms with Crippen molar-refractivity contribution in [3.05, 3.63) is 28.7 Å². The molecule has 1 rings (SSSR count). The SMILES string of the molecule is CC(C)(C)[Si](C)(C)Sc1ccccc1Br. The summed E-state index contributed by atoms with van der Waals surface area (Å²) in [7, 11) is -1.29. The molecule has 0 N–H and O–H groups in total. The molecule has 3 heteroatoms. The molecule has 0 atom stereocenters. The second-order valence-electron chi connectivity index (χ2n) is 5.29. The molecule has 0 heterocycles. The minimum atomic E-state index is -1.29. The van der Waals surface area contributed by atoms with Gasteiger partial charge in [-0.15, -0.1) is 11.2 Å². The van der Waals surface area contributed by atoms with Gasteiger partial charge in [0, 0.05) is 9.37 Å². The van der Waals surface area contributed by atoms with Crippen molar-refractivity contribution in [2.24, 2.45) is 0 Å². The summed E-state index contributed by atoms with van der Waals surface area (Å²) >= 11 is 5.69. The van der Waals surface area contributed by atoms with Crippen molar-refractivity contribution in [3.63, 3.8) is 0 Å². The van der Waals surface area contributed by atoms with Crippen LogP contribution in [-0.4, -0.2) is 7.22 Å². The first-order chi connectivity index (χ1) is 6.74. The lowest BCUT2D eigenvalue weighted by Crippen LogP contribution is -2.33. The molecule has 0 unspecified atom stereocenters. The second-order valence-corrected chi connectivity index (χ2v) is 15.0. The third-order valence-electron chi connectivity index (χ3n) is 3.01. The van der Waals surface area contributed by atoms with Crippen molar-refractivity contribution >= 4 is 34.4 Å². The van der Waals surface area contributed by atoms with Gasteiger partial charge in [0.15, 0.2) is 0 Å². The molecule has 0 nitrogen and oxygen atoms in total. The lowest BCUT2D eigenvalue weighted by molar-refractivity contribution is 0.736. The van der Waals surface area contributed by atoms with Crippen LogP contribution in [0, 0.1) is 0 Å². The molecule has 1 aromatic carbocycles. The Kier molecular flexibility index (Phi) is 4.12. The molecule has 0 amide bonds. The van der Waals surface area contributed by atoms with E-state index in [2.05, 4.69) is 85.3 Å². The van der Waals surface area contributed by atoms with Gasteiger partial charge in [0.2, 0.25) is 0 Å². The molecule has 1 aromatic rings. The molecule has 84 valence electrons. The van der Waals surface area contributed by atoms with E-state index in [1.807, 2.05) is 0 Å². The van der Waals surface area contributed by atoms with Gasteiger partial charge in [-0.05, 0) is 33.1 Å². The van der Waals surface area contributed by atoms with Gasteiger partial charge in [-0.25, -0.2) is 0 Å². The van der Waals surface area contributed by atoms with Gasteiger partial charge >= 0.3 is 0 Å². The molecule has 0 aliphatic carbocycles. The average Bonchev–Trinajstić information content (AvgIpc) is 2.06. The summed E-state index contributed by atoms with van der Waals surface area (Å²) in [5, 5.41) is 0.424. The highest BCUT2D eigenvalue weighted by Crippen LogP contribution is 2.47. The van der Waals surface area contributed by atoms with Crippen LogP contribution in [-0.2, 0) is 0 Å². The summed E-state index contributed by atoms with van der Waals surface area (Å²) in [4.78, 5) is 1.38. The van der Waals surface area contributed by atoms with Crippen molar-refractivity contribution < 1.29 is 0 Å². The highest BCUT2D eigenvalue weighted by molar-refractivity contribution is 9.10. The monoisotopic (exact) mass is 302 g/mol. The van der Waals surface area contributed by atoms with Gasteiger partial charge in [0.25, 0.3) is 0 Å². The zero-order chi connectivity index (χ0) is 11.7. The Morgan fingerprint density at radius 1 is 1.13 bits per heavy atom. The fourth-order valence-corrected chi connectivity index (χ4v) is 6.20. The lowest BCUT2D eigenvalue weighted by Gasteiger charge is -2.36. The minimum Gasteiger partial charge on any atom is -0.150 e. The predicted molar refractivity (Wildman–Crippen MR) is 77.2 cm³/mol. The molecular formula is C12H19BrSSi. The fraction of sp³-hybridized carbons (Fsp3) is 0.500. The van der Waals surface area contributed by atoms with E-state index in [-0.39, 0.29) is 0 Å². The minimum absolute atomic E-state index is 0.424. The number of rotatable bonds is 2. The Labute approximate surface area is 107 Å². The molecule has 0 aliphatic rings. The summed E-state index contributed by atoms with van der Waals surface area (Å²) in [5.41, 5.74) is 0. The maximum absolute atomic E-state index is 3.62. The Bertz CT molecular complexity index is 342. The standard InChI is InChI=1S/C12H19BrSSi/c1-12(2,3)15(4,5)14-11-9-7-6-8-10(11)13/h6-9H,1-5H3. The van der Waals surface area contributed by atoms with Crippen molar-refractivity contribution in [1.82, 2.24) is 0 Å². The lowest BCUT2D eigenvalue weighted by atomic mass is 10.2. The maximum atomic E-state index is 3.62. The largest absolute Gasteiger partial charge is 0.150 e. The maximum Gasteiger partial charge on any atom is 0.122 e. The van der Waals surface area contributed by atoms with Crippen LogP contribution in [0.1, 0.15) is 20.8 Å². The zero-order valence-corrected chi connectivity index (χ0v) is 13.5. The topological polar surface area (TPSA) is 0 Å². The van der Waals surface area contributed by atoms with Gasteiger partial charge < -0.3 is 0 Å². The molecule has 0 spiro atoms. The van der Waals surface area contributed by atoms with Crippen LogP contribution in [0.15, 0.2) is 33.6 Å². The molecule has 0 aromatic heterocycles. The van der Waals surface area contributed by atoms with Crippen LogP contribution in [0.25, 0.3) is 0 Å².